The number of aromatic nitrogens is 3. The van der Waals surface area contributed by atoms with Crippen molar-refractivity contribution in [1.29, 1.82) is 0 Å². The van der Waals surface area contributed by atoms with Gasteiger partial charge >= 0.3 is 5.97 Å². The molecule has 0 aromatic carbocycles. The van der Waals surface area contributed by atoms with Crippen LogP contribution in [0.25, 0.3) is 11.0 Å². The van der Waals surface area contributed by atoms with Gasteiger partial charge in [0.25, 0.3) is 0 Å². The molecule has 6 heteroatoms. The molecule has 0 aliphatic heterocycles. The van der Waals surface area contributed by atoms with Crippen LogP contribution in [0.1, 0.15) is 27.2 Å². The number of nitrogens with zero attached hydrogens (tertiary/aromatic N) is 3. The molecular formula is C14H19N3O2S. The second kappa shape index (κ2) is 5.83. The van der Waals surface area contributed by atoms with Gasteiger partial charge in [-0.05, 0) is 17.9 Å². The number of imidazole rings is 1. The van der Waals surface area contributed by atoms with Crippen molar-refractivity contribution in [1.82, 2.24) is 14.5 Å². The smallest absolute Gasteiger partial charge is 0.313 e. The fraction of sp³-hybridized carbons (Fsp3) is 0.500. The zero-order valence-corrected chi connectivity index (χ0v) is 12.8. The normalized spacial score (nSPS) is 11.9. The Labute approximate surface area is 122 Å². The van der Waals surface area contributed by atoms with Gasteiger partial charge in [-0.25, -0.2) is 4.98 Å². The summed E-state index contributed by atoms with van der Waals surface area (Å²) in [5.41, 5.74) is 2.05. The number of carboxylic acids is 1. The van der Waals surface area contributed by atoms with Gasteiger partial charge < -0.3 is 9.67 Å². The maximum atomic E-state index is 10.7. The standard InChI is InChI=1S/C14H19N3O2S/c1-14(2,3)5-7-17-11-4-6-15-8-10(11)16-13(17)20-9-12(18)19/h4,6,8H,5,7,9H2,1-3H3,(H,18,19). The average Bonchev–Trinajstić information content (AvgIpc) is 2.70. The number of fused-ring (bicyclic) bond motifs is 1. The number of thioether (sulfide) groups is 1. The predicted octanol–water partition coefficient (Wildman–Crippen LogP) is 3.04. The largest absolute Gasteiger partial charge is 0.481 e. The van der Waals surface area contributed by atoms with E-state index in [-0.39, 0.29) is 11.2 Å². The molecule has 2 heterocycles. The third kappa shape index (κ3) is 3.72. The lowest BCUT2D eigenvalue weighted by atomic mass is 9.92. The number of hydrogen-bond donors (Lipinski definition) is 1. The van der Waals surface area contributed by atoms with Crippen molar-refractivity contribution in [2.24, 2.45) is 5.41 Å². The van der Waals surface area contributed by atoms with Crippen molar-refractivity contribution in [3.8, 4) is 0 Å². The van der Waals surface area contributed by atoms with Crippen LogP contribution in [0.5, 0.6) is 0 Å². The highest BCUT2D eigenvalue weighted by Gasteiger charge is 2.16. The molecule has 0 radical (unpaired) electrons. The number of pyridine rings is 1. The van der Waals surface area contributed by atoms with E-state index in [0.717, 1.165) is 29.2 Å². The Morgan fingerprint density at radius 1 is 1.45 bits per heavy atom. The number of aryl methyl sites for hydroxylation is 1. The van der Waals surface area contributed by atoms with E-state index < -0.39 is 5.97 Å². The van der Waals surface area contributed by atoms with E-state index in [0.29, 0.717) is 0 Å². The molecule has 0 saturated heterocycles. The van der Waals surface area contributed by atoms with E-state index in [2.05, 4.69) is 35.3 Å². The SMILES string of the molecule is CC(C)(C)CCn1c(SCC(=O)O)nc2cnccc21. The quantitative estimate of drug-likeness (QED) is 0.858. The topological polar surface area (TPSA) is 68.0 Å². The first-order valence-corrected chi connectivity index (χ1v) is 7.50. The van der Waals surface area contributed by atoms with Crippen LogP contribution in [0.15, 0.2) is 23.6 Å². The molecular weight excluding hydrogens is 274 g/mol. The third-order valence-electron chi connectivity index (χ3n) is 2.93. The molecule has 0 aliphatic rings. The Bertz CT molecular complexity index is 616. The van der Waals surface area contributed by atoms with Gasteiger partial charge in [-0.1, -0.05) is 32.5 Å². The monoisotopic (exact) mass is 293 g/mol. The summed E-state index contributed by atoms with van der Waals surface area (Å²) in [4.78, 5) is 19.3. The molecule has 2 rings (SSSR count). The summed E-state index contributed by atoms with van der Waals surface area (Å²) in [5, 5.41) is 9.58. The van der Waals surface area contributed by atoms with Gasteiger partial charge in [-0.15, -0.1) is 0 Å². The molecule has 0 bridgehead atoms. The molecule has 2 aromatic rings. The van der Waals surface area contributed by atoms with Gasteiger partial charge in [-0.3, -0.25) is 9.78 Å². The van der Waals surface area contributed by atoms with Gasteiger partial charge in [0.15, 0.2) is 5.16 Å². The lowest BCUT2D eigenvalue weighted by Gasteiger charge is -2.19. The van der Waals surface area contributed by atoms with Crippen LogP contribution in [-0.2, 0) is 11.3 Å². The first kappa shape index (κ1) is 14.8. The first-order valence-electron chi connectivity index (χ1n) is 6.52. The summed E-state index contributed by atoms with van der Waals surface area (Å²) in [7, 11) is 0. The Morgan fingerprint density at radius 3 is 2.85 bits per heavy atom. The van der Waals surface area contributed by atoms with Crippen LogP contribution < -0.4 is 0 Å². The molecule has 108 valence electrons. The molecule has 20 heavy (non-hydrogen) atoms. The summed E-state index contributed by atoms with van der Waals surface area (Å²) in [6.45, 7) is 7.40. The number of carboxylic acid groups (broad SMARTS) is 1. The van der Waals surface area contributed by atoms with Crippen LogP contribution in [-0.4, -0.2) is 31.4 Å². The maximum absolute atomic E-state index is 10.7. The molecule has 0 aliphatic carbocycles. The summed E-state index contributed by atoms with van der Waals surface area (Å²) in [6, 6.07) is 1.93. The summed E-state index contributed by atoms with van der Waals surface area (Å²) < 4.78 is 2.09. The Kier molecular flexibility index (Phi) is 4.32. The third-order valence-corrected chi connectivity index (χ3v) is 3.89. The zero-order chi connectivity index (χ0) is 14.8. The second-order valence-electron chi connectivity index (χ2n) is 5.90. The lowest BCUT2D eigenvalue weighted by molar-refractivity contribution is -0.133. The van der Waals surface area contributed by atoms with Crippen LogP contribution in [0.2, 0.25) is 0 Å². The van der Waals surface area contributed by atoms with Crippen LogP contribution in [0.4, 0.5) is 0 Å². The highest BCUT2D eigenvalue weighted by molar-refractivity contribution is 7.99. The summed E-state index contributed by atoms with van der Waals surface area (Å²) >= 11 is 1.26. The van der Waals surface area contributed by atoms with Crippen molar-refractivity contribution in [3.63, 3.8) is 0 Å². The lowest BCUT2D eigenvalue weighted by Crippen LogP contribution is -2.11. The molecule has 1 N–H and O–H groups in total. The highest BCUT2D eigenvalue weighted by atomic mass is 32.2. The summed E-state index contributed by atoms with van der Waals surface area (Å²) in [5.74, 6) is -0.811. The summed E-state index contributed by atoms with van der Waals surface area (Å²) in [6.07, 6.45) is 4.46. The molecule has 0 saturated carbocycles. The number of rotatable bonds is 5. The minimum atomic E-state index is -0.831. The number of carbonyl (C=O) groups is 1. The maximum Gasteiger partial charge on any atom is 0.313 e. The Balaban J connectivity index is 2.31. The van der Waals surface area contributed by atoms with Gasteiger partial charge in [0.05, 0.1) is 17.5 Å². The first-order chi connectivity index (χ1) is 9.37. The van der Waals surface area contributed by atoms with Crippen molar-refractivity contribution >= 4 is 28.8 Å². The van der Waals surface area contributed by atoms with E-state index in [9.17, 15) is 4.79 Å². The number of aliphatic carboxylic acids is 1. The molecule has 0 spiro atoms. The van der Waals surface area contributed by atoms with E-state index >= 15 is 0 Å². The molecule has 0 amide bonds. The minimum Gasteiger partial charge on any atom is -0.481 e. The van der Waals surface area contributed by atoms with Gasteiger partial charge in [-0.2, -0.15) is 0 Å². The predicted molar refractivity (Wildman–Crippen MR) is 80.0 cm³/mol. The van der Waals surface area contributed by atoms with Crippen LogP contribution in [0.3, 0.4) is 0 Å². The van der Waals surface area contributed by atoms with E-state index in [4.69, 9.17) is 5.11 Å². The zero-order valence-electron chi connectivity index (χ0n) is 12.0. The van der Waals surface area contributed by atoms with Crippen molar-refractivity contribution in [2.45, 2.75) is 38.9 Å². The van der Waals surface area contributed by atoms with Gasteiger partial charge in [0, 0.05) is 12.7 Å². The van der Waals surface area contributed by atoms with E-state index in [1.165, 1.54) is 11.8 Å². The number of hydrogen-bond acceptors (Lipinski definition) is 4. The van der Waals surface area contributed by atoms with Crippen LogP contribution >= 0.6 is 11.8 Å². The molecule has 0 fully saturated rings. The van der Waals surface area contributed by atoms with Crippen molar-refractivity contribution in [3.05, 3.63) is 18.5 Å². The Hall–Kier alpha value is -1.56. The molecule has 0 atom stereocenters. The minimum absolute atomic E-state index is 0.0201. The molecule has 2 aromatic heterocycles. The van der Waals surface area contributed by atoms with Gasteiger partial charge in [0.1, 0.15) is 5.52 Å². The highest BCUT2D eigenvalue weighted by Crippen LogP contribution is 2.27. The Morgan fingerprint density at radius 2 is 2.20 bits per heavy atom. The van der Waals surface area contributed by atoms with Crippen molar-refractivity contribution in [2.75, 3.05) is 5.75 Å². The van der Waals surface area contributed by atoms with Crippen LogP contribution in [0, 0.1) is 5.41 Å². The fourth-order valence-electron chi connectivity index (χ4n) is 1.86. The molecule has 5 nitrogen and oxygen atoms in total. The van der Waals surface area contributed by atoms with E-state index in [1.54, 1.807) is 12.4 Å². The fourth-order valence-corrected chi connectivity index (χ4v) is 2.62. The van der Waals surface area contributed by atoms with Crippen molar-refractivity contribution < 1.29 is 9.90 Å². The van der Waals surface area contributed by atoms with E-state index in [1.807, 2.05) is 6.07 Å². The average molecular weight is 293 g/mol. The molecule has 0 unspecified atom stereocenters. The second-order valence-corrected chi connectivity index (χ2v) is 6.85. The van der Waals surface area contributed by atoms with Gasteiger partial charge in [0.2, 0.25) is 0 Å².